The van der Waals surface area contributed by atoms with Crippen molar-refractivity contribution in [3.05, 3.63) is 76.7 Å². The van der Waals surface area contributed by atoms with Crippen molar-refractivity contribution in [1.82, 2.24) is 10.2 Å². The van der Waals surface area contributed by atoms with Crippen LogP contribution in [0.15, 0.2) is 59.8 Å². The Morgan fingerprint density at radius 2 is 1.76 bits per heavy atom. The number of halogens is 4. The summed E-state index contributed by atoms with van der Waals surface area (Å²) in [5.74, 6) is -3.68. The first-order valence-corrected chi connectivity index (χ1v) is 11.7. The van der Waals surface area contributed by atoms with Gasteiger partial charge in [0.05, 0.1) is 12.7 Å². The molecule has 1 aliphatic carbocycles. The zero-order chi connectivity index (χ0) is 27.2. The number of carbonyl (C=O) groups excluding carboxylic acids is 3. The largest absolute Gasteiger partial charge is 0.497 e. The van der Waals surface area contributed by atoms with E-state index >= 15 is 0 Å². The van der Waals surface area contributed by atoms with Gasteiger partial charge in [0.2, 0.25) is 5.54 Å². The highest BCUT2D eigenvalue weighted by atomic mass is 19.4. The molecule has 1 N–H and O–H groups in total. The van der Waals surface area contributed by atoms with Crippen LogP contribution >= 0.6 is 0 Å². The molecule has 0 aromatic heterocycles. The van der Waals surface area contributed by atoms with Crippen LogP contribution in [0.3, 0.4) is 0 Å². The van der Waals surface area contributed by atoms with Crippen molar-refractivity contribution >= 4 is 17.6 Å². The number of hydrogen-bond acceptors (Lipinski definition) is 4. The van der Waals surface area contributed by atoms with Crippen LogP contribution in [0, 0.1) is 11.2 Å². The fourth-order valence-corrected chi connectivity index (χ4v) is 4.96. The first-order valence-electron chi connectivity index (χ1n) is 11.7. The highest BCUT2D eigenvalue weighted by Gasteiger charge is 2.71. The normalized spacial score (nSPS) is 21.2. The van der Waals surface area contributed by atoms with E-state index in [0.717, 1.165) is 4.90 Å². The van der Waals surface area contributed by atoms with E-state index < -0.39 is 46.1 Å². The number of allylic oxidation sites excluding steroid dienone is 1. The summed E-state index contributed by atoms with van der Waals surface area (Å²) < 4.78 is 63.0. The summed E-state index contributed by atoms with van der Waals surface area (Å²) >= 11 is 0. The molecule has 4 rings (SSSR count). The Bertz CT molecular complexity index is 1280. The Morgan fingerprint density at radius 3 is 2.38 bits per heavy atom. The molecule has 2 aromatic carbocycles. The highest BCUT2D eigenvalue weighted by molar-refractivity contribution is 6.14. The average Bonchev–Trinajstić information content (AvgIpc) is 3.05. The van der Waals surface area contributed by atoms with E-state index in [4.69, 9.17) is 4.74 Å². The number of alkyl halides is 3. The maximum Gasteiger partial charge on any atom is 0.425 e. The van der Waals surface area contributed by atoms with Gasteiger partial charge in [-0.2, -0.15) is 13.2 Å². The first-order chi connectivity index (χ1) is 17.3. The summed E-state index contributed by atoms with van der Waals surface area (Å²) in [7, 11) is 1.34. The van der Waals surface area contributed by atoms with Crippen molar-refractivity contribution in [3.8, 4) is 5.75 Å². The lowest BCUT2D eigenvalue weighted by Gasteiger charge is -2.35. The van der Waals surface area contributed by atoms with Crippen molar-refractivity contribution < 1.29 is 36.7 Å². The van der Waals surface area contributed by atoms with Gasteiger partial charge in [-0.3, -0.25) is 14.4 Å². The van der Waals surface area contributed by atoms with Crippen molar-refractivity contribution in [1.29, 1.82) is 0 Å². The van der Waals surface area contributed by atoms with E-state index in [-0.39, 0.29) is 42.8 Å². The number of nitrogens with zero attached hydrogens (tertiary/aromatic N) is 1. The van der Waals surface area contributed by atoms with Gasteiger partial charge in [0.1, 0.15) is 11.6 Å². The number of benzene rings is 2. The monoisotopic (exact) mass is 518 g/mol. The molecule has 196 valence electrons. The van der Waals surface area contributed by atoms with E-state index in [0.29, 0.717) is 5.56 Å². The summed E-state index contributed by atoms with van der Waals surface area (Å²) in [6.45, 7) is 3.29. The summed E-state index contributed by atoms with van der Waals surface area (Å²) in [5.41, 5.74) is -4.56. The molecule has 10 heteroatoms. The Balaban J connectivity index is 1.79. The number of Topliss-reactive ketones (excluding diaryl/α,β-unsaturated/α-hetero) is 1. The van der Waals surface area contributed by atoms with E-state index in [1.807, 2.05) is 5.32 Å². The van der Waals surface area contributed by atoms with Gasteiger partial charge in [0.15, 0.2) is 5.78 Å². The Labute approximate surface area is 211 Å². The van der Waals surface area contributed by atoms with Crippen LogP contribution in [0.5, 0.6) is 5.75 Å². The van der Waals surface area contributed by atoms with Crippen molar-refractivity contribution in [3.63, 3.8) is 0 Å². The minimum Gasteiger partial charge on any atom is -0.497 e. The molecular formula is C27H26F4N2O4. The van der Waals surface area contributed by atoms with E-state index in [9.17, 15) is 31.9 Å². The second-order valence-electron chi connectivity index (χ2n) is 10.0. The number of amides is 2. The molecule has 1 atom stereocenters. The molecule has 0 saturated carbocycles. The molecule has 0 spiro atoms. The standard InChI is InChI=1S/C27H26F4N2O4/c1-25(2)14-20-22(21(34)15-25)26(27(29,30)31,32-23(35)17-5-4-6-19(13-17)37-3)24(36)33(20)12-11-16-7-9-18(28)10-8-16/h4-10,13H,11-12,14-15H2,1-3H3,(H,32,35). The van der Waals surface area contributed by atoms with Gasteiger partial charge in [-0.15, -0.1) is 0 Å². The van der Waals surface area contributed by atoms with Crippen LogP contribution in [-0.2, 0) is 16.0 Å². The van der Waals surface area contributed by atoms with Gasteiger partial charge < -0.3 is 15.0 Å². The van der Waals surface area contributed by atoms with Crippen LogP contribution in [0.4, 0.5) is 17.6 Å². The highest BCUT2D eigenvalue weighted by Crippen LogP contribution is 2.51. The van der Waals surface area contributed by atoms with Crippen molar-refractivity contribution in [2.24, 2.45) is 5.41 Å². The van der Waals surface area contributed by atoms with Gasteiger partial charge in [0.25, 0.3) is 11.8 Å². The Morgan fingerprint density at radius 1 is 1.08 bits per heavy atom. The zero-order valence-electron chi connectivity index (χ0n) is 20.5. The Kier molecular flexibility index (Phi) is 6.64. The second kappa shape index (κ2) is 9.32. The number of methoxy groups -OCH3 is 1. The summed E-state index contributed by atoms with van der Waals surface area (Å²) in [6.07, 6.45) is -5.36. The number of ketones is 1. The van der Waals surface area contributed by atoms with E-state index in [2.05, 4.69) is 0 Å². The van der Waals surface area contributed by atoms with Gasteiger partial charge in [0, 0.05) is 24.2 Å². The fraction of sp³-hybridized carbons (Fsp3) is 0.370. The molecule has 2 aliphatic rings. The minimum absolute atomic E-state index is 0.0378. The predicted molar refractivity (Wildman–Crippen MR) is 126 cm³/mol. The smallest absolute Gasteiger partial charge is 0.425 e. The molecule has 1 aliphatic heterocycles. The number of rotatable bonds is 6. The lowest BCUT2D eigenvalue weighted by atomic mass is 9.72. The molecule has 1 heterocycles. The lowest BCUT2D eigenvalue weighted by Crippen LogP contribution is -2.66. The van der Waals surface area contributed by atoms with Crippen LogP contribution in [0.1, 0.15) is 42.6 Å². The first kappa shape index (κ1) is 26.4. The molecule has 0 bridgehead atoms. The van der Waals surface area contributed by atoms with Gasteiger partial charge in [-0.25, -0.2) is 4.39 Å². The molecule has 1 unspecified atom stereocenters. The number of carbonyl (C=O) groups is 3. The number of nitrogens with one attached hydrogen (secondary N) is 1. The van der Waals surface area contributed by atoms with Crippen LogP contribution in [-0.4, -0.2) is 47.9 Å². The molecule has 0 radical (unpaired) electrons. The van der Waals surface area contributed by atoms with Crippen LogP contribution in [0.25, 0.3) is 0 Å². The number of hydrogen-bond donors (Lipinski definition) is 1. The quantitative estimate of drug-likeness (QED) is 0.568. The molecular weight excluding hydrogens is 492 g/mol. The van der Waals surface area contributed by atoms with Gasteiger partial charge in [-0.1, -0.05) is 32.0 Å². The average molecular weight is 519 g/mol. The zero-order valence-corrected chi connectivity index (χ0v) is 20.5. The summed E-state index contributed by atoms with van der Waals surface area (Å²) in [6, 6.07) is 10.9. The molecule has 6 nitrogen and oxygen atoms in total. The van der Waals surface area contributed by atoms with Crippen LogP contribution < -0.4 is 10.1 Å². The molecule has 2 aromatic rings. The maximum atomic E-state index is 14.9. The Hall–Kier alpha value is -3.69. The van der Waals surface area contributed by atoms with E-state index in [1.54, 1.807) is 13.8 Å². The van der Waals surface area contributed by atoms with E-state index in [1.165, 1.54) is 55.6 Å². The lowest BCUT2D eigenvalue weighted by molar-refractivity contribution is -0.190. The number of ether oxygens (including phenoxy) is 1. The van der Waals surface area contributed by atoms with Crippen molar-refractivity contribution in [2.75, 3.05) is 13.7 Å². The maximum absolute atomic E-state index is 14.9. The molecule has 2 amide bonds. The third-order valence-corrected chi connectivity index (χ3v) is 6.71. The SMILES string of the molecule is COc1cccc(C(=O)NC2(C(F)(F)F)C(=O)N(CCc3ccc(F)cc3)C3=C2C(=O)CC(C)(C)C3)c1. The van der Waals surface area contributed by atoms with Gasteiger partial charge in [-0.05, 0) is 54.2 Å². The van der Waals surface area contributed by atoms with Crippen molar-refractivity contribution in [2.45, 2.75) is 44.8 Å². The predicted octanol–water partition coefficient (Wildman–Crippen LogP) is 4.59. The second-order valence-corrected chi connectivity index (χ2v) is 10.0. The summed E-state index contributed by atoms with van der Waals surface area (Å²) in [4.78, 5) is 40.9. The molecule has 37 heavy (non-hydrogen) atoms. The van der Waals surface area contributed by atoms with Gasteiger partial charge >= 0.3 is 6.18 Å². The summed E-state index contributed by atoms with van der Waals surface area (Å²) in [5, 5.41) is 1.90. The third kappa shape index (κ3) is 4.72. The molecule has 0 fully saturated rings. The fourth-order valence-electron chi connectivity index (χ4n) is 4.96. The minimum atomic E-state index is -5.30. The molecule has 0 saturated heterocycles. The topological polar surface area (TPSA) is 75.7 Å². The van der Waals surface area contributed by atoms with Crippen LogP contribution in [0.2, 0.25) is 0 Å². The third-order valence-electron chi connectivity index (χ3n) is 6.71.